The summed E-state index contributed by atoms with van der Waals surface area (Å²) in [4.78, 5) is 0. The minimum Gasteiger partial charge on any atom is -0.0651 e. The van der Waals surface area contributed by atoms with E-state index in [-0.39, 0.29) is 0 Å². The quantitative estimate of drug-likeness (QED) is 0.640. The maximum atomic E-state index is 2.24. The Morgan fingerprint density at radius 1 is 0.944 bits per heavy atom. The Bertz CT molecular complexity index is 503. The van der Waals surface area contributed by atoms with E-state index in [2.05, 4.69) is 68.5 Å². The Hall–Kier alpha value is -1.82. The average Bonchev–Trinajstić information content (AvgIpc) is 2.41. The van der Waals surface area contributed by atoms with Crippen LogP contribution in [0.3, 0.4) is 0 Å². The fraction of sp³-hybridized carbons (Fsp3) is 0.222. The highest BCUT2D eigenvalue weighted by atomic mass is 14.0. The van der Waals surface area contributed by atoms with Gasteiger partial charge in [0.25, 0.3) is 0 Å². The molecule has 0 nitrogen and oxygen atoms in total. The van der Waals surface area contributed by atoms with Crippen LogP contribution in [0.4, 0.5) is 0 Å². The van der Waals surface area contributed by atoms with Crippen molar-refractivity contribution in [3.05, 3.63) is 71.3 Å². The van der Waals surface area contributed by atoms with Crippen LogP contribution >= 0.6 is 0 Å². The van der Waals surface area contributed by atoms with Gasteiger partial charge in [-0.3, -0.25) is 0 Å². The van der Waals surface area contributed by atoms with Crippen molar-refractivity contribution in [1.29, 1.82) is 0 Å². The summed E-state index contributed by atoms with van der Waals surface area (Å²) in [7, 11) is 0. The largest absolute Gasteiger partial charge is 0.0651 e. The summed E-state index contributed by atoms with van der Waals surface area (Å²) in [6, 6.07) is 19.4. The minimum atomic E-state index is 1.17. The zero-order chi connectivity index (χ0) is 12.8. The second-order valence-electron chi connectivity index (χ2n) is 4.68. The molecule has 2 aromatic carbocycles. The lowest BCUT2D eigenvalue weighted by atomic mass is 10.0. The van der Waals surface area contributed by atoms with Gasteiger partial charge in [0, 0.05) is 0 Å². The predicted octanol–water partition coefficient (Wildman–Crippen LogP) is 5.20. The molecule has 0 N–H and O–H groups in total. The predicted molar refractivity (Wildman–Crippen MR) is 80.4 cm³/mol. The third-order valence-corrected chi connectivity index (χ3v) is 3.13. The molecule has 0 aliphatic carbocycles. The zero-order valence-corrected chi connectivity index (χ0v) is 11.2. The summed E-state index contributed by atoms with van der Waals surface area (Å²) in [6.07, 6.45) is 4.61. The van der Waals surface area contributed by atoms with Crippen molar-refractivity contribution in [2.45, 2.75) is 26.7 Å². The van der Waals surface area contributed by atoms with E-state index < -0.39 is 0 Å². The van der Waals surface area contributed by atoms with E-state index in [0.717, 1.165) is 0 Å². The highest BCUT2D eigenvalue weighted by molar-refractivity contribution is 5.80. The summed E-state index contributed by atoms with van der Waals surface area (Å²) >= 11 is 0. The molecule has 2 aromatic rings. The normalized spacial score (nSPS) is 11.6. The maximum absolute atomic E-state index is 2.24. The molecule has 0 unspecified atom stereocenters. The van der Waals surface area contributed by atoms with Gasteiger partial charge in [-0.05, 0) is 35.6 Å². The standard InChI is InChI=1S/C18H20/c1-3-7-16-10-12-18(13-11-16)15(2)14-17-8-5-4-6-9-17/h4-6,8-14H,3,7H2,1-2H3. The molecule has 0 heterocycles. The van der Waals surface area contributed by atoms with Gasteiger partial charge in [0.2, 0.25) is 0 Å². The Labute approximate surface area is 110 Å². The Morgan fingerprint density at radius 3 is 2.22 bits per heavy atom. The number of rotatable bonds is 4. The Kier molecular flexibility index (Phi) is 4.35. The van der Waals surface area contributed by atoms with Crippen LogP contribution in [0.15, 0.2) is 54.6 Å². The van der Waals surface area contributed by atoms with Crippen LogP contribution in [0.5, 0.6) is 0 Å². The number of hydrogen-bond donors (Lipinski definition) is 0. The van der Waals surface area contributed by atoms with Crippen molar-refractivity contribution in [3.63, 3.8) is 0 Å². The lowest BCUT2D eigenvalue weighted by Crippen LogP contribution is -1.85. The summed E-state index contributed by atoms with van der Waals surface area (Å²) in [5, 5.41) is 0. The SMILES string of the molecule is CCCc1ccc(C(C)=Cc2ccccc2)cc1. The first-order valence-electron chi connectivity index (χ1n) is 6.62. The molecule has 0 aliphatic heterocycles. The molecule has 0 fully saturated rings. The zero-order valence-electron chi connectivity index (χ0n) is 11.2. The summed E-state index contributed by atoms with van der Waals surface area (Å²) < 4.78 is 0. The molecule has 0 saturated carbocycles. The summed E-state index contributed by atoms with van der Waals surface area (Å²) in [6.45, 7) is 4.39. The smallest absolute Gasteiger partial charge is 0.0227 e. The van der Waals surface area contributed by atoms with Gasteiger partial charge < -0.3 is 0 Å². The van der Waals surface area contributed by atoms with Crippen LogP contribution < -0.4 is 0 Å². The van der Waals surface area contributed by atoms with Gasteiger partial charge in [0.05, 0.1) is 0 Å². The van der Waals surface area contributed by atoms with Crippen molar-refractivity contribution < 1.29 is 0 Å². The first-order valence-corrected chi connectivity index (χ1v) is 6.62. The molecular formula is C18H20. The van der Waals surface area contributed by atoms with Gasteiger partial charge in [0.1, 0.15) is 0 Å². The van der Waals surface area contributed by atoms with Gasteiger partial charge in [-0.2, -0.15) is 0 Å². The van der Waals surface area contributed by atoms with E-state index in [1.807, 2.05) is 6.07 Å². The number of benzene rings is 2. The molecule has 0 spiro atoms. The van der Waals surface area contributed by atoms with E-state index >= 15 is 0 Å². The second-order valence-corrected chi connectivity index (χ2v) is 4.68. The Balaban J connectivity index is 2.18. The van der Waals surface area contributed by atoms with E-state index in [0.29, 0.717) is 0 Å². The fourth-order valence-corrected chi connectivity index (χ4v) is 2.11. The molecule has 0 radical (unpaired) electrons. The van der Waals surface area contributed by atoms with Crippen LogP contribution in [-0.2, 0) is 6.42 Å². The van der Waals surface area contributed by atoms with E-state index in [1.54, 1.807) is 0 Å². The first kappa shape index (κ1) is 12.6. The van der Waals surface area contributed by atoms with Crippen molar-refractivity contribution in [3.8, 4) is 0 Å². The lowest BCUT2D eigenvalue weighted by molar-refractivity contribution is 0.922. The highest BCUT2D eigenvalue weighted by Gasteiger charge is 1.97. The van der Waals surface area contributed by atoms with E-state index in [1.165, 1.54) is 35.1 Å². The summed E-state index contributed by atoms with van der Waals surface area (Å²) in [5.74, 6) is 0. The summed E-state index contributed by atoms with van der Waals surface area (Å²) in [5.41, 5.74) is 5.30. The van der Waals surface area contributed by atoms with E-state index in [9.17, 15) is 0 Å². The average molecular weight is 236 g/mol. The molecule has 0 saturated heterocycles. The van der Waals surface area contributed by atoms with Crippen LogP contribution in [0, 0.1) is 0 Å². The van der Waals surface area contributed by atoms with Gasteiger partial charge >= 0.3 is 0 Å². The molecule has 0 amide bonds. The van der Waals surface area contributed by atoms with Gasteiger partial charge in [-0.25, -0.2) is 0 Å². The van der Waals surface area contributed by atoms with Crippen molar-refractivity contribution >= 4 is 11.6 Å². The molecule has 0 aromatic heterocycles. The first-order chi connectivity index (χ1) is 8.79. The molecule has 18 heavy (non-hydrogen) atoms. The second kappa shape index (κ2) is 6.20. The molecule has 0 atom stereocenters. The molecule has 0 aliphatic rings. The van der Waals surface area contributed by atoms with Crippen molar-refractivity contribution in [1.82, 2.24) is 0 Å². The third kappa shape index (κ3) is 3.33. The van der Waals surface area contributed by atoms with Crippen LogP contribution in [0.2, 0.25) is 0 Å². The maximum Gasteiger partial charge on any atom is -0.0227 e. The van der Waals surface area contributed by atoms with Crippen LogP contribution in [-0.4, -0.2) is 0 Å². The number of hydrogen-bond acceptors (Lipinski definition) is 0. The van der Waals surface area contributed by atoms with Crippen molar-refractivity contribution in [2.75, 3.05) is 0 Å². The number of allylic oxidation sites excluding steroid dienone is 1. The van der Waals surface area contributed by atoms with Crippen molar-refractivity contribution in [2.24, 2.45) is 0 Å². The lowest BCUT2D eigenvalue weighted by Gasteiger charge is -2.04. The third-order valence-electron chi connectivity index (χ3n) is 3.13. The van der Waals surface area contributed by atoms with Gasteiger partial charge in [0.15, 0.2) is 0 Å². The molecule has 0 bridgehead atoms. The van der Waals surface area contributed by atoms with Crippen LogP contribution in [0.1, 0.15) is 37.0 Å². The van der Waals surface area contributed by atoms with Gasteiger partial charge in [-0.1, -0.05) is 74.0 Å². The highest BCUT2D eigenvalue weighted by Crippen LogP contribution is 2.18. The fourth-order valence-electron chi connectivity index (χ4n) is 2.11. The number of aryl methyl sites for hydroxylation is 1. The monoisotopic (exact) mass is 236 g/mol. The van der Waals surface area contributed by atoms with Gasteiger partial charge in [-0.15, -0.1) is 0 Å². The molecule has 2 rings (SSSR count). The molecular weight excluding hydrogens is 216 g/mol. The molecule has 92 valence electrons. The molecule has 0 heteroatoms. The Morgan fingerprint density at radius 2 is 1.61 bits per heavy atom. The van der Waals surface area contributed by atoms with Crippen LogP contribution in [0.25, 0.3) is 11.6 Å². The van der Waals surface area contributed by atoms with E-state index in [4.69, 9.17) is 0 Å². The minimum absolute atomic E-state index is 1.17. The topological polar surface area (TPSA) is 0 Å².